The van der Waals surface area contributed by atoms with E-state index in [1.54, 1.807) is 22.5 Å². The lowest BCUT2D eigenvalue weighted by molar-refractivity contribution is 0.241. The van der Waals surface area contributed by atoms with Crippen LogP contribution >= 0.6 is 11.3 Å². The molecule has 5 rings (SSSR count). The first-order chi connectivity index (χ1) is 14.6. The van der Waals surface area contributed by atoms with Crippen molar-refractivity contribution in [2.45, 2.75) is 58.6 Å². The minimum Gasteiger partial charge on any atom is -0.491 e. The predicted molar refractivity (Wildman–Crippen MR) is 125 cm³/mol. The molecule has 2 aliphatic rings. The van der Waals surface area contributed by atoms with Gasteiger partial charge < -0.3 is 4.74 Å². The van der Waals surface area contributed by atoms with E-state index in [1.807, 2.05) is 0 Å². The van der Waals surface area contributed by atoms with Crippen LogP contribution in [0.1, 0.15) is 55.8 Å². The van der Waals surface area contributed by atoms with Gasteiger partial charge in [-0.3, -0.25) is 4.90 Å². The Hall–Kier alpha value is -2.17. The van der Waals surface area contributed by atoms with Crippen molar-refractivity contribution in [1.82, 2.24) is 9.88 Å². The summed E-state index contributed by atoms with van der Waals surface area (Å²) < 4.78 is 5.89. The lowest BCUT2D eigenvalue weighted by atomic mass is 10.0. The molecule has 0 bridgehead atoms. The summed E-state index contributed by atoms with van der Waals surface area (Å²) in [4.78, 5) is 8.76. The van der Waals surface area contributed by atoms with Crippen molar-refractivity contribution in [3.05, 3.63) is 59.3 Å². The van der Waals surface area contributed by atoms with Crippen molar-refractivity contribution in [2.75, 3.05) is 13.1 Å². The lowest BCUT2D eigenvalue weighted by Gasteiger charge is -2.24. The van der Waals surface area contributed by atoms with Crippen LogP contribution in [-0.2, 0) is 6.42 Å². The number of nitrogens with zero attached hydrogens (tertiary/aromatic N) is 2. The number of thiazole rings is 1. The molecule has 0 N–H and O–H groups in total. The molecule has 1 atom stereocenters. The third kappa shape index (κ3) is 3.67. The van der Waals surface area contributed by atoms with E-state index in [2.05, 4.69) is 68.3 Å². The van der Waals surface area contributed by atoms with Crippen LogP contribution in [0, 0.1) is 6.92 Å². The Morgan fingerprint density at radius 1 is 1.13 bits per heavy atom. The fraction of sp³-hybridized carbons (Fsp3) is 0.423. The highest BCUT2D eigenvalue weighted by molar-refractivity contribution is 7.18. The van der Waals surface area contributed by atoms with Gasteiger partial charge in [-0.25, -0.2) is 4.98 Å². The number of likely N-dealkylation sites (tertiary alicyclic amines) is 1. The maximum atomic E-state index is 5.89. The number of aromatic nitrogens is 1. The van der Waals surface area contributed by atoms with Crippen LogP contribution in [0.4, 0.5) is 0 Å². The van der Waals surface area contributed by atoms with Crippen molar-refractivity contribution in [3.63, 3.8) is 0 Å². The van der Waals surface area contributed by atoms with Gasteiger partial charge >= 0.3 is 0 Å². The third-order valence-corrected chi connectivity index (χ3v) is 7.46. The van der Waals surface area contributed by atoms with Crippen LogP contribution < -0.4 is 4.74 Å². The van der Waals surface area contributed by atoms with Gasteiger partial charge in [-0.2, -0.15) is 0 Å². The van der Waals surface area contributed by atoms with Crippen LogP contribution in [0.5, 0.6) is 5.75 Å². The van der Waals surface area contributed by atoms with Crippen molar-refractivity contribution >= 4 is 11.3 Å². The fourth-order valence-corrected chi connectivity index (χ4v) is 5.96. The molecule has 156 valence electrons. The monoisotopic (exact) mass is 418 g/mol. The van der Waals surface area contributed by atoms with Gasteiger partial charge in [-0.1, -0.05) is 18.2 Å². The minimum absolute atomic E-state index is 0.186. The Labute approximate surface area is 183 Å². The Kier molecular flexibility index (Phi) is 5.38. The highest BCUT2D eigenvalue weighted by atomic mass is 32.1. The van der Waals surface area contributed by atoms with E-state index in [1.165, 1.54) is 54.8 Å². The molecule has 1 aromatic heterocycles. The summed E-state index contributed by atoms with van der Waals surface area (Å²) in [7, 11) is 0. The third-order valence-electron chi connectivity index (χ3n) is 6.38. The summed E-state index contributed by atoms with van der Waals surface area (Å²) in [6, 6.07) is 13.9. The molecule has 1 saturated heterocycles. The zero-order valence-electron chi connectivity index (χ0n) is 18.1. The van der Waals surface area contributed by atoms with E-state index >= 15 is 0 Å². The maximum Gasteiger partial charge on any atom is 0.123 e. The van der Waals surface area contributed by atoms with Crippen LogP contribution in [0.3, 0.4) is 0 Å². The zero-order valence-corrected chi connectivity index (χ0v) is 19.0. The molecule has 1 aliphatic heterocycles. The summed E-state index contributed by atoms with van der Waals surface area (Å²) in [5.41, 5.74) is 6.81. The minimum atomic E-state index is 0.186. The quantitative estimate of drug-likeness (QED) is 0.463. The van der Waals surface area contributed by atoms with Crippen molar-refractivity contribution in [2.24, 2.45) is 0 Å². The molecule has 1 unspecified atom stereocenters. The van der Waals surface area contributed by atoms with E-state index in [9.17, 15) is 0 Å². The first-order valence-corrected chi connectivity index (χ1v) is 12.0. The Balaban J connectivity index is 1.43. The summed E-state index contributed by atoms with van der Waals surface area (Å²) >= 11 is 1.80. The van der Waals surface area contributed by atoms with Crippen molar-refractivity contribution in [3.8, 4) is 26.8 Å². The fourth-order valence-electron chi connectivity index (χ4n) is 5.00. The number of hydrogen-bond acceptors (Lipinski definition) is 4. The average Bonchev–Trinajstić information content (AvgIpc) is 3.48. The maximum absolute atomic E-state index is 5.89. The highest BCUT2D eigenvalue weighted by Gasteiger charge is 2.31. The van der Waals surface area contributed by atoms with Gasteiger partial charge in [0, 0.05) is 17.8 Å². The molecular weight excluding hydrogens is 388 g/mol. The van der Waals surface area contributed by atoms with Crippen LogP contribution in [-0.4, -0.2) is 29.1 Å². The molecule has 4 heteroatoms. The summed E-state index contributed by atoms with van der Waals surface area (Å²) in [5, 5.41) is 1.08. The molecule has 0 saturated carbocycles. The normalized spacial score (nSPS) is 18.9. The van der Waals surface area contributed by atoms with Crippen molar-refractivity contribution < 1.29 is 4.74 Å². The average molecular weight is 419 g/mol. The molecular formula is C26H30N2OS. The van der Waals surface area contributed by atoms with Crippen LogP contribution in [0.2, 0.25) is 0 Å². The molecule has 30 heavy (non-hydrogen) atoms. The number of fused-ring (bicyclic) bond motifs is 1. The van der Waals surface area contributed by atoms with Gasteiger partial charge in [0.05, 0.1) is 11.0 Å². The molecule has 2 aromatic carbocycles. The van der Waals surface area contributed by atoms with E-state index < -0.39 is 0 Å². The SMILES string of the molecule is Cc1cc(-c2ncc(-c3cccc4c3CCC4N3CCCC3)s2)ccc1OC(C)C. The van der Waals surface area contributed by atoms with Crippen LogP contribution in [0.25, 0.3) is 21.0 Å². The molecule has 0 radical (unpaired) electrons. The molecule has 0 spiro atoms. The standard InChI is InChI=1S/C26H30N2OS/c1-17(2)29-24-12-9-19(15-18(24)3)26-27-16-25(30-26)22-8-6-7-21-20(22)10-11-23(21)28-13-4-5-14-28/h6-9,12,15-17,23H,4-5,10-11,13-14H2,1-3H3. The topological polar surface area (TPSA) is 25.4 Å². The van der Waals surface area contributed by atoms with Crippen LogP contribution in [0.15, 0.2) is 42.6 Å². The molecule has 1 aliphatic carbocycles. The molecule has 3 aromatic rings. The largest absolute Gasteiger partial charge is 0.491 e. The second-order valence-corrected chi connectivity index (χ2v) is 9.88. The van der Waals surface area contributed by atoms with Crippen molar-refractivity contribution in [1.29, 1.82) is 0 Å². The Morgan fingerprint density at radius 2 is 1.97 bits per heavy atom. The molecule has 3 nitrogen and oxygen atoms in total. The number of aryl methyl sites for hydroxylation is 1. The second-order valence-electron chi connectivity index (χ2n) is 8.85. The summed E-state index contributed by atoms with van der Waals surface area (Å²) in [6.07, 6.45) is 7.39. The van der Waals surface area contributed by atoms with Gasteiger partial charge in [0.15, 0.2) is 0 Å². The van der Waals surface area contributed by atoms with E-state index in [0.717, 1.165) is 16.3 Å². The number of benzene rings is 2. The van der Waals surface area contributed by atoms with Gasteiger partial charge in [0.2, 0.25) is 0 Å². The zero-order chi connectivity index (χ0) is 20.7. The van der Waals surface area contributed by atoms with Gasteiger partial charge in [0.25, 0.3) is 0 Å². The summed E-state index contributed by atoms with van der Waals surface area (Å²) in [6.45, 7) is 8.75. The number of ether oxygens (including phenoxy) is 1. The first-order valence-electron chi connectivity index (χ1n) is 11.2. The van der Waals surface area contributed by atoms with E-state index in [4.69, 9.17) is 9.72 Å². The Bertz CT molecular complexity index is 1050. The Morgan fingerprint density at radius 3 is 2.73 bits per heavy atom. The molecule has 1 fully saturated rings. The van der Waals surface area contributed by atoms with E-state index in [0.29, 0.717) is 6.04 Å². The van der Waals surface area contributed by atoms with Gasteiger partial charge in [-0.15, -0.1) is 11.3 Å². The lowest BCUT2D eigenvalue weighted by Crippen LogP contribution is -2.23. The number of rotatable bonds is 5. The smallest absolute Gasteiger partial charge is 0.123 e. The molecule has 2 heterocycles. The van der Waals surface area contributed by atoms with Gasteiger partial charge in [0.1, 0.15) is 10.8 Å². The van der Waals surface area contributed by atoms with Gasteiger partial charge in [-0.05, 0) is 100.0 Å². The summed E-state index contributed by atoms with van der Waals surface area (Å²) in [5.74, 6) is 0.958. The predicted octanol–water partition coefficient (Wildman–Crippen LogP) is 6.66. The first kappa shape index (κ1) is 19.8. The molecule has 0 amide bonds. The number of hydrogen-bond donors (Lipinski definition) is 0. The van der Waals surface area contributed by atoms with E-state index in [-0.39, 0.29) is 6.10 Å². The highest BCUT2D eigenvalue weighted by Crippen LogP contribution is 2.43. The second kappa shape index (κ2) is 8.16.